The van der Waals surface area contributed by atoms with Gasteiger partial charge in [0.25, 0.3) is 5.59 Å². The van der Waals surface area contributed by atoms with Crippen LogP contribution in [0.4, 0.5) is 4.79 Å². The zero-order valence-electron chi connectivity index (χ0n) is 6.36. The van der Waals surface area contributed by atoms with E-state index in [1.165, 1.54) is 0 Å². The summed E-state index contributed by atoms with van der Waals surface area (Å²) in [7, 11) is -1.21. The number of carboxylic acid groups (broad SMARTS) is 1. The average Bonchev–Trinajstić information content (AvgIpc) is 1.62. The van der Waals surface area contributed by atoms with E-state index in [4.69, 9.17) is 5.11 Å². The summed E-state index contributed by atoms with van der Waals surface area (Å²) < 4.78 is 0. The topological polar surface area (TPSA) is 37.3 Å². The molecule has 0 amide bonds. The molecule has 0 saturated heterocycles. The van der Waals surface area contributed by atoms with E-state index < -0.39 is 14.4 Å². The van der Waals surface area contributed by atoms with E-state index in [0.29, 0.717) is 0 Å². The molecule has 0 aliphatic heterocycles. The van der Waals surface area contributed by atoms with Gasteiger partial charge in [0.1, 0.15) is 0 Å². The monoisotopic (exact) mass is 145 g/mol. The summed E-state index contributed by atoms with van der Waals surface area (Å²) in [5, 5.41) is 8.55. The molecule has 0 aliphatic carbocycles. The van der Waals surface area contributed by atoms with Gasteiger partial charge in [0.2, 0.25) is 0 Å². The van der Waals surface area contributed by atoms with Gasteiger partial charge in [-0.3, -0.25) is 4.79 Å². The molecule has 0 unspecified atom stereocenters. The van der Waals surface area contributed by atoms with Gasteiger partial charge >= 0.3 is 0 Å². The van der Waals surface area contributed by atoms with Gasteiger partial charge < -0.3 is 5.11 Å². The van der Waals surface area contributed by atoms with E-state index in [9.17, 15) is 4.79 Å². The molecule has 0 aromatic heterocycles. The molecule has 0 heterocycles. The molecule has 0 rings (SSSR count). The van der Waals surface area contributed by atoms with Crippen molar-refractivity contribution in [1.82, 2.24) is 0 Å². The van der Waals surface area contributed by atoms with Gasteiger partial charge in [-0.1, -0.05) is 27.3 Å². The predicted octanol–water partition coefficient (Wildman–Crippen LogP) is 2.17. The fourth-order valence-corrected chi connectivity index (χ4v) is 0.962. The van der Waals surface area contributed by atoms with Crippen LogP contribution >= 0.6 is 0 Å². The third-order valence-electron chi connectivity index (χ3n) is 1.45. The quantitative estimate of drug-likeness (QED) is 0.574. The van der Waals surface area contributed by atoms with Gasteiger partial charge in [-0.2, -0.15) is 0 Å². The SMILES string of the molecule is C[Si](C(=O)O)C(C)(C)C. The number of hydrogen-bond donors (Lipinski definition) is 1. The Kier molecular flexibility index (Phi) is 2.43. The molecule has 0 bridgehead atoms. The van der Waals surface area contributed by atoms with Crippen LogP contribution in [0.3, 0.4) is 0 Å². The lowest BCUT2D eigenvalue weighted by atomic mass is 10.2. The fraction of sp³-hybridized carbons (Fsp3) is 0.833. The Morgan fingerprint density at radius 1 is 1.44 bits per heavy atom. The highest BCUT2D eigenvalue weighted by molar-refractivity contribution is 6.89. The first-order valence-electron chi connectivity index (χ1n) is 2.93. The van der Waals surface area contributed by atoms with Gasteiger partial charge in [0.05, 0.1) is 0 Å². The molecular formula is C6H13O2Si. The molecule has 1 N–H and O–H groups in total. The highest BCUT2D eigenvalue weighted by Gasteiger charge is 2.28. The van der Waals surface area contributed by atoms with Crippen molar-refractivity contribution in [3.63, 3.8) is 0 Å². The van der Waals surface area contributed by atoms with Crippen molar-refractivity contribution in [3.8, 4) is 0 Å². The van der Waals surface area contributed by atoms with Crippen LogP contribution in [0.5, 0.6) is 0 Å². The number of carbonyl (C=O) groups is 1. The number of hydrogen-bond acceptors (Lipinski definition) is 1. The second-order valence-electron chi connectivity index (χ2n) is 3.18. The minimum atomic E-state index is -1.21. The minimum Gasteiger partial charge on any atom is -0.486 e. The van der Waals surface area contributed by atoms with E-state index in [1.807, 2.05) is 27.3 Å². The molecule has 53 valence electrons. The zero-order valence-corrected chi connectivity index (χ0v) is 7.36. The van der Waals surface area contributed by atoms with Crippen molar-refractivity contribution in [2.75, 3.05) is 0 Å². The molecule has 0 aromatic carbocycles. The van der Waals surface area contributed by atoms with Crippen LogP contribution in [0, 0.1) is 0 Å². The van der Waals surface area contributed by atoms with Crippen molar-refractivity contribution >= 4 is 14.4 Å². The molecule has 0 aliphatic rings. The van der Waals surface area contributed by atoms with Gasteiger partial charge in [-0.25, -0.2) is 0 Å². The smallest absolute Gasteiger partial charge is 0.267 e. The van der Waals surface area contributed by atoms with Gasteiger partial charge in [0.15, 0.2) is 8.80 Å². The molecule has 0 aromatic rings. The summed E-state index contributed by atoms with van der Waals surface area (Å²) in [6.07, 6.45) is 0. The summed E-state index contributed by atoms with van der Waals surface area (Å²) in [5.41, 5.74) is -0.618. The van der Waals surface area contributed by atoms with Crippen molar-refractivity contribution in [2.45, 2.75) is 32.4 Å². The Balaban J connectivity index is 4.04. The van der Waals surface area contributed by atoms with E-state index in [-0.39, 0.29) is 5.04 Å². The first-order chi connectivity index (χ1) is 3.85. The molecule has 2 nitrogen and oxygen atoms in total. The van der Waals surface area contributed by atoms with Crippen LogP contribution in [0.15, 0.2) is 0 Å². The number of rotatable bonds is 1. The molecular weight excluding hydrogens is 132 g/mol. The molecule has 1 radical (unpaired) electrons. The summed E-state index contributed by atoms with van der Waals surface area (Å²) in [6, 6.07) is 0. The lowest BCUT2D eigenvalue weighted by Gasteiger charge is -2.20. The molecule has 0 saturated carbocycles. The van der Waals surface area contributed by atoms with Crippen molar-refractivity contribution < 1.29 is 9.90 Å². The molecule has 3 heteroatoms. The van der Waals surface area contributed by atoms with Crippen LogP contribution < -0.4 is 0 Å². The maximum absolute atomic E-state index is 10.4. The Hall–Kier alpha value is -0.313. The van der Waals surface area contributed by atoms with Crippen LogP contribution in [-0.2, 0) is 0 Å². The third kappa shape index (κ3) is 2.65. The summed E-state index contributed by atoms with van der Waals surface area (Å²) in [6.45, 7) is 7.73. The Labute approximate surface area is 57.5 Å². The first-order valence-corrected chi connectivity index (χ1v) is 4.93. The van der Waals surface area contributed by atoms with Gasteiger partial charge in [-0.05, 0) is 5.04 Å². The van der Waals surface area contributed by atoms with Gasteiger partial charge in [-0.15, -0.1) is 0 Å². The third-order valence-corrected chi connectivity index (χ3v) is 4.34. The van der Waals surface area contributed by atoms with E-state index in [0.717, 1.165) is 0 Å². The first kappa shape index (κ1) is 8.69. The summed E-state index contributed by atoms with van der Waals surface area (Å²) in [5.74, 6) is 0. The zero-order chi connectivity index (χ0) is 7.65. The average molecular weight is 145 g/mol. The van der Waals surface area contributed by atoms with Crippen molar-refractivity contribution in [2.24, 2.45) is 0 Å². The molecule has 0 fully saturated rings. The Bertz CT molecular complexity index is 115. The standard InChI is InChI=1S/C6H13O2Si/c1-6(2,3)9(4)5(7)8/h1-4H3,(H,7,8). The molecule has 0 spiro atoms. The summed E-state index contributed by atoms with van der Waals surface area (Å²) >= 11 is 0. The highest BCUT2D eigenvalue weighted by Crippen LogP contribution is 2.26. The lowest BCUT2D eigenvalue weighted by Crippen LogP contribution is -2.30. The largest absolute Gasteiger partial charge is 0.486 e. The predicted molar refractivity (Wildman–Crippen MR) is 39.4 cm³/mol. The van der Waals surface area contributed by atoms with E-state index >= 15 is 0 Å². The maximum atomic E-state index is 10.4. The fourth-order valence-electron chi connectivity index (χ4n) is 0.321. The summed E-state index contributed by atoms with van der Waals surface area (Å²) in [4.78, 5) is 10.4. The molecule has 0 atom stereocenters. The van der Waals surface area contributed by atoms with Crippen LogP contribution in [-0.4, -0.2) is 19.5 Å². The highest BCUT2D eigenvalue weighted by atomic mass is 28.3. The van der Waals surface area contributed by atoms with Crippen LogP contribution in [0.2, 0.25) is 11.6 Å². The second kappa shape index (κ2) is 2.52. The Morgan fingerprint density at radius 3 is 1.78 bits per heavy atom. The molecule has 9 heavy (non-hydrogen) atoms. The Morgan fingerprint density at radius 2 is 1.78 bits per heavy atom. The second-order valence-corrected chi connectivity index (χ2v) is 6.36. The normalized spacial score (nSPS) is 12.1. The van der Waals surface area contributed by atoms with Gasteiger partial charge in [0, 0.05) is 0 Å². The van der Waals surface area contributed by atoms with Crippen molar-refractivity contribution in [3.05, 3.63) is 0 Å². The maximum Gasteiger partial charge on any atom is 0.267 e. The van der Waals surface area contributed by atoms with E-state index in [2.05, 4.69) is 0 Å². The van der Waals surface area contributed by atoms with E-state index in [1.54, 1.807) is 0 Å². The lowest BCUT2D eigenvalue weighted by molar-refractivity contribution is 0.218. The van der Waals surface area contributed by atoms with Crippen molar-refractivity contribution in [1.29, 1.82) is 0 Å². The van der Waals surface area contributed by atoms with Crippen LogP contribution in [0.25, 0.3) is 0 Å². The van der Waals surface area contributed by atoms with Crippen LogP contribution in [0.1, 0.15) is 20.8 Å². The minimum absolute atomic E-state index is 0.0174.